The van der Waals surface area contributed by atoms with Crippen LogP contribution >= 0.6 is 0 Å². The molecule has 19 heavy (non-hydrogen) atoms. The van der Waals surface area contributed by atoms with E-state index in [-0.39, 0.29) is 36.1 Å². The Morgan fingerprint density at radius 2 is 2.00 bits per heavy atom. The first-order valence-electron chi connectivity index (χ1n) is 6.87. The lowest BCUT2D eigenvalue weighted by atomic mass is 10.2. The van der Waals surface area contributed by atoms with Crippen molar-refractivity contribution in [2.45, 2.75) is 45.2 Å². The number of hydrogen-bond donors (Lipinski definition) is 2. The summed E-state index contributed by atoms with van der Waals surface area (Å²) in [5.41, 5.74) is 0. The Labute approximate surface area is 112 Å². The third kappa shape index (κ3) is 3.32. The average Bonchev–Trinajstić information content (AvgIpc) is 3.12. The number of amides is 3. The second-order valence-corrected chi connectivity index (χ2v) is 5.47. The van der Waals surface area contributed by atoms with Crippen molar-refractivity contribution in [3.63, 3.8) is 0 Å². The van der Waals surface area contributed by atoms with Crippen molar-refractivity contribution in [2.24, 2.45) is 5.92 Å². The van der Waals surface area contributed by atoms with Gasteiger partial charge in [-0.25, -0.2) is 0 Å². The van der Waals surface area contributed by atoms with Crippen molar-refractivity contribution in [1.82, 2.24) is 15.5 Å². The summed E-state index contributed by atoms with van der Waals surface area (Å²) >= 11 is 0. The Hall–Kier alpha value is -1.43. The van der Waals surface area contributed by atoms with Gasteiger partial charge in [0.1, 0.15) is 0 Å². The van der Waals surface area contributed by atoms with E-state index < -0.39 is 6.04 Å². The van der Waals surface area contributed by atoms with Gasteiger partial charge in [-0.3, -0.25) is 19.3 Å². The molecule has 6 nitrogen and oxygen atoms in total. The molecule has 0 spiro atoms. The number of carbonyl (C=O) groups is 3. The summed E-state index contributed by atoms with van der Waals surface area (Å²) in [6.07, 6.45) is 2.18. The molecule has 3 amide bonds. The van der Waals surface area contributed by atoms with Crippen molar-refractivity contribution < 1.29 is 14.4 Å². The Morgan fingerprint density at radius 3 is 2.53 bits per heavy atom. The van der Waals surface area contributed by atoms with Gasteiger partial charge >= 0.3 is 0 Å². The van der Waals surface area contributed by atoms with Crippen molar-refractivity contribution >= 4 is 17.7 Å². The second-order valence-electron chi connectivity index (χ2n) is 5.47. The molecule has 0 aromatic rings. The molecule has 1 aliphatic heterocycles. The molecule has 2 N–H and O–H groups in total. The fourth-order valence-corrected chi connectivity index (χ4v) is 2.27. The molecule has 0 aromatic carbocycles. The van der Waals surface area contributed by atoms with Crippen LogP contribution in [0.1, 0.15) is 33.1 Å². The van der Waals surface area contributed by atoms with E-state index in [0.29, 0.717) is 13.1 Å². The normalized spacial score (nSPS) is 23.3. The first kappa shape index (κ1) is 14.0. The predicted octanol–water partition coefficient (Wildman–Crippen LogP) is -0.362. The van der Waals surface area contributed by atoms with E-state index in [4.69, 9.17) is 0 Å². The summed E-state index contributed by atoms with van der Waals surface area (Å²) in [4.78, 5) is 36.3. The Balaban J connectivity index is 1.70. The smallest absolute Gasteiger partial charge is 0.247 e. The maximum absolute atomic E-state index is 12.0. The molecule has 1 saturated heterocycles. The fraction of sp³-hybridized carbons (Fsp3) is 0.769. The molecule has 2 aliphatic rings. The fourth-order valence-electron chi connectivity index (χ4n) is 2.27. The lowest BCUT2D eigenvalue weighted by Crippen LogP contribution is -2.44. The minimum atomic E-state index is -0.437. The van der Waals surface area contributed by atoms with Gasteiger partial charge in [0.25, 0.3) is 0 Å². The lowest BCUT2D eigenvalue weighted by Gasteiger charge is -2.19. The second kappa shape index (κ2) is 5.69. The van der Waals surface area contributed by atoms with Crippen molar-refractivity contribution in [1.29, 1.82) is 0 Å². The van der Waals surface area contributed by atoms with Gasteiger partial charge in [0, 0.05) is 25.0 Å². The summed E-state index contributed by atoms with van der Waals surface area (Å²) in [5.74, 6) is 0.0126. The van der Waals surface area contributed by atoms with E-state index >= 15 is 0 Å². The van der Waals surface area contributed by atoms with Gasteiger partial charge in [-0.05, 0) is 26.7 Å². The van der Waals surface area contributed by atoms with E-state index in [1.807, 2.05) is 13.8 Å². The highest BCUT2D eigenvalue weighted by Crippen LogP contribution is 2.28. The predicted molar refractivity (Wildman–Crippen MR) is 69.1 cm³/mol. The SMILES string of the molecule is CC(C)N1C(=O)CC(NCCNC(=O)C2CC2)C1=O. The molecule has 6 heteroatoms. The van der Waals surface area contributed by atoms with Crippen LogP contribution in [0.3, 0.4) is 0 Å². The topological polar surface area (TPSA) is 78.5 Å². The van der Waals surface area contributed by atoms with Crippen LogP contribution < -0.4 is 10.6 Å². The van der Waals surface area contributed by atoms with Gasteiger partial charge in [-0.15, -0.1) is 0 Å². The zero-order valence-corrected chi connectivity index (χ0v) is 11.4. The van der Waals surface area contributed by atoms with Gasteiger partial charge in [0.2, 0.25) is 17.7 Å². The van der Waals surface area contributed by atoms with E-state index in [0.717, 1.165) is 12.8 Å². The molecular weight excluding hydrogens is 246 g/mol. The molecule has 1 aliphatic carbocycles. The zero-order valence-electron chi connectivity index (χ0n) is 11.4. The Morgan fingerprint density at radius 1 is 1.32 bits per heavy atom. The molecule has 1 heterocycles. The Bertz CT molecular complexity index is 391. The molecule has 1 unspecified atom stereocenters. The molecule has 2 fully saturated rings. The number of nitrogens with one attached hydrogen (secondary N) is 2. The summed E-state index contributed by atoms with van der Waals surface area (Å²) < 4.78 is 0. The van der Waals surface area contributed by atoms with Crippen LogP contribution in [0.15, 0.2) is 0 Å². The Kier molecular flexibility index (Phi) is 4.19. The summed E-state index contributed by atoms with van der Waals surface area (Å²) in [7, 11) is 0. The number of carbonyl (C=O) groups excluding carboxylic acids is 3. The quantitative estimate of drug-likeness (QED) is 0.509. The highest BCUT2D eigenvalue weighted by atomic mass is 16.2. The van der Waals surface area contributed by atoms with Crippen molar-refractivity contribution in [2.75, 3.05) is 13.1 Å². The zero-order chi connectivity index (χ0) is 14.0. The third-order valence-corrected chi connectivity index (χ3v) is 3.46. The third-order valence-electron chi connectivity index (χ3n) is 3.46. The highest BCUT2D eigenvalue weighted by Gasteiger charge is 2.39. The number of hydrogen-bond acceptors (Lipinski definition) is 4. The maximum Gasteiger partial charge on any atom is 0.247 e. The summed E-state index contributed by atoms with van der Waals surface area (Å²) in [6, 6.07) is -0.533. The average molecular weight is 267 g/mol. The van der Waals surface area contributed by atoms with E-state index in [1.54, 1.807) is 0 Å². The van der Waals surface area contributed by atoms with E-state index in [1.165, 1.54) is 4.90 Å². The van der Waals surface area contributed by atoms with Crippen LogP contribution in [0.2, 0.25) is 0 Å². The molecule has 1 saturated carbocycles. The first-order chi connectivity index (χ1) is 9.00. The standard InChI is InChI=1S/C13H21N3O3/c1-8(2)16-11(17)7-10(13(16)19)14-5-6-15-12(18)9-3-4-9/h8-10,14H,3-7H2,1-2H3,(H,15,18). The van der Waals surface area contributed by atoms with Crippen LogP contribution in [0.4, 0.5) is 0 Å². The van der Waals surface area contributed by atoms with Crippen molar-refractivity contribution in [3.8, 4) is 0 Å². The van der Waals surface area contributed by atoms with Crippen LogP contribution in [-0.4, -0.2) is 47.8 Å². The lowest BCUT2D eigenvalue weighted by molar-refractivity contribution is -0.140. The molecule has 0 bridgehead atoms. The molecule has 0 radical (unpaired) electrons. The van der Waals surface area contributed by atoms with Gasteiger partial charge < -0.3 is 10.6 Å². The molecule has 1 atom stereocenters. The minimum Gasteiger partial charge on any atom is -0.355 e. The number of rotatable bonds is 6. The molecular formula is C13H21N3O3. The van der Waals surface area contributed by atoms with Crippen molar-refractivity contribution in [3.05, 3.63) is 0 Å². The summed E-state index contributed by atoms with van der Waals surface area (Å²) in [6.45, 7) is 4.66. The van der Waals surface area contributed by atoms with Gasteiger partial charge in [-0.2, -0.15) is 0 Å². The monoisotopic (exact) mass is 267 g/mol. The number of imide groups is 1. The van der Waals surface area contributed by atoms with Gasteiger partial charge in [0.05, 0.1) is 12.5 Å². The van der Waals surface area contributed by atoms with Gasteiger partial charge in [0.15, 0.2) is 0 Å². The number of likely N-dealkylation sites (tertiary alicyclic amines) is 1. The molecule has 0 aromatic heterocycles. The van der Waals surface area contributed by atoms with Crippen LogP contribution in [0.5, 0.6) is 0 Å². The van der Waals surface area contributed by atoms with E-state index in [9.17, 15) is 14.4 Å². The number of nitrogens with zero attached hydrogens (tertiary/aromatic N) is 1. The van der Waals surface area contributed by atoms with Crippen LogP contribution in [0.25, 0.3) is 0 Å². The maximum atomic E-state index is 12.0. The highest BCUT2D eigenvalue weighted by molar-refractivity contribution is 6.05. The van der Waals surface area contributed by atoms with Crippen LogP contribution in [0, 0.1) is 5.92 Å². The molecule has 2 rings (SSSR count). The minimum absolute atomic E-state index is 0.0960. The molecule has 106 valence electrons. The van der Waals surface area contributed by atoms with E-state index in [2.05, 4.69) is 10.6 Å². The summed E-state index contributed by atoms with van der Waals surface area (Å²) in [5, 5.41) is 5.85. The largest absolute Gasteiger partial charge is 0.355 e. The van der Waals surface area contributed by atoms with Crippen LogP contribution in [-0.2, 0) is 14.4 Å². The van der Waals surface area contributed by atoms with Gasteiger partial charge in [-0.1, -0.05) is 0 Å². The first-order valence-corrected chi connectivity index (χ1v) is 6.87.